The summed E-state index contributed by atoms with van der Waals surface area (Å²) in [6.07, 6.45) is 5.39. The van der Waals surface area contributed by atoms with Gasteiger partial charge in [-0.3, -0.25) is 4.79 Å². The molecule has 3 fully saturated rings. The number of hydrogen-bond acceptors (Lipinski definition) is 4. The summed E-state index contributed by atoms with van der Waals surface area (Å²) in [7, 11) is 0. The summed E-state index contributed by atoms with van der Waals surface area (Å²) in [4.78, 5) is 14.5. The summed E-state index contributed by atoms with van der Waals surface area (Å²) in [5.41, 5.74) is 6.04. The second-order valence-electron chi connectivity index (χ2n) is 5.95. The van der Waals surface area contributed by atoms with Gasteiger partial charge in [-0.25, -0.2) is 0 Å². The molecule has 5 heteroatoms. The minimum atomic E-state index is 0.0308. The molecule has 2 N–H and O–H groups in total. The van der Waals surface area contributed by atoms with Gasteiger partial charge in [-0.2, -0.15) is 0 Å². The van der Waals surface area contributed by atoms with Crippen molar-refractivity contribution in [2.75, 3.05) is 26.3 Å². The van der Waals surface area contributed by atoms with Crippen molar-refractivity contribution >= 4 is 5.91 Å². The van der Waals surface area contributed by atoms with Crippen molar-refractivity contribution in [3.8, 4) is 0 Å². The molecule has 0 unspecified atom stereocenters. The molecule has 0 aromatic heterocycles. The van der Waals surface area contributed by atoms with Crippen LogP contribution in [0.4, 0.5) is 0 Å². The number of nitrogens with two attached hydrogens (primary N) is 1. The molecule has 4 atom stereocenters. The molecule has 2 heterocycles. The fraction of sp³-hybridized carbons (Fsp3) is 0.929. The molecule has 2 aliphatic heterocycles. The van der Waals surface area contributed by atoms with Crippen LogP contribution >= 0.6 is 0 Å². The number of nitrogens with zero attached hydrogens (tertiary/aromatic N) is 1. The quantitative estimate of drug-likeness (QED) is 0.793. The number of amides is 1. The van der Waals surface area contributed by atoms with Gasteiger partial charge in [0.1, 0.15) is 6.10 Å². The third-order valence-electron chi connectivity index (χ3n) is 4.67. The Morgan fingerprint density at radius 3 is 2.58 bits per heavy atom. The Labute approximate surface area is 114 Å². The van der Waals surface area contributed by atoms with E-state index < -0.39 is 0 Å². The Balaban J connectivity index is 1.59. The Morgan fingerprint density at radius 1 is 1.05 bits per heavy atom. The molecular formula is C14H24N2O3. The first-order chi connectivity index (χ1) is 9.25. The molecule has 1 amide bonds. The van der Waals surface area contributed by atoms with Crippen LogP contribution in [0.2, 0.25) is 0 Å². The molecule has 0 spiro atoms. The van der Waals surface area contributed by atoms with Crippen LogP contribution in [0.1, 0.15) is 32.1 Å². The van der Waals surface area contributed by atoms with E-state index in [-0.39, 0.29) is 30.1 Å². The lowest BCUT2D eigenvalue weighted by molar-refractivity contribution is -0.149. The highest BCUT2D eigenvalue weighted by Gasteiger charge is 2.37. The van der Waals surface area contributed by atoms with Crippen molar-refractivity contribution in [3.05, 3.63) is 0 Å². The van der Waals surface area contributed by atoms with Crippen molar-refractivity contribution < 1.29 is 14.3 Å². The van der Waals surface area contributed by atoms with Gasteiger partial charge in [0.15, 0.2) is 0 Å². The fourth-order valence-electron chi connectivity index (χ4n) is 3.53. The first-order valence-corrected chi connectivity index (χ1v) is 7.53. The Hall–Kier alpha value is -0.650. The molecule has 0 aromatic rings. The molecule has 1 aliphatic carbocycles. The van der Waals surface area contributed by atoms with Gasteiger partial charge in [-0.15, -0.1) is 0 Å². The van der Waals surface area contributed by atoms with Gasteiger partial charge in [0.2, 0.25) is 5.91 Å². The number of ether oxygens (including phenoxy) is 2. The predicted molar refractivity (Wildman–Crippen MR) is 70.6 cm³/mol. The normalized spacial score (nSPS) is 39.7. The van der Waals surface area contributed by atoms with Gasteiger partial charge in [-0.1, -0.05) is 6.42 Å². The van der Waals surface area contributed by atoms with Crippen LogP contribution < -0.4 is 5.73 Å². The number of rotatable bonds is 2. The second kappa shape index (κ2) is 5.77. The fourth-order valence-corrected chi connectivity index (χ4v) is 3.53. The van der Waals surface area contributed by atoms with E-state index in [0.717, 1.165) is 38.7 Å². The lowest BCUT2D eigenvalue weighted by atomic mass is 10.0. The third-order valence-corrected chi connectivity index (χ3v) is 4.67. The van der Waals surface area contributed by atoms with E-state index in [1.807, 2.05) is 4.90 Å². The minimum absolute atomic E-state index is 0.0308. The predicted octanol–water partition coefficient (Wildman–Crippen LogP) is 0.520. The maximum Gasteiger partial charge on any atom is 0.227 e. The SMILES string of the molecule is N[C@@H]1CCC[C@@H]1C(=O)N1CCO[C@@H]([C@H]2CCCO2)C1. The number of carbonyl (C=O) groups excluding carboxylic acids is 1. The van der Waals surface area contributed by atoms with Crippen molar-refractivity contribution in [2.24, 2.45) is 11.7 Å². The molecule has 1 saturated carbocycles. The number of hydrogen-bond donors (Lipinski definition) is 1. The van der Waals surface area contributed by atoms with Crippen molar-refractivity contribution in [3.63, 3.8) is 0 Å². The zero-order chi connectivity index (χ0) is 13.2. The lowest BCUT2D eigenvalue weighted by Gasteiger charge is -2.37. The maximum absolute atomic E-state index is 12.5. The molecule has 0 radical (unpaired) electrons. The van der Waals surface area contributed by atoms with Crippen LogP contribution in [0.5, 0.6) is 0 Å². The van der Waals surface area contributed by atoms with E-state index in [9.17, 15) is 4.79 Å². The van der Waals surface area contributed by atoms with Crippen LogP contribution in [0.15, 0.2) is 0 Å². The standard InChI is InChI=1S/C14H24N2O3/c15-11-4-1-3-10(11)14(17)16-6-8-19-13(9-16)12-5-2-7-18-12/h10-13H,1-9,15H2/t10-,11+,12+,13+/m0/s1. The van der Waals surface area contributed by atoms with Crippen molar-refractivity contribution in [2.45, 2.75) is 50.4 Å². The summed E-state index contributed by atoms with van der Waals surface area (Å²) < 4.78 is 11.5. The van der Waals surface area contributed by atoms with Gasteiger partial charge in [0.05, 0.1) is 18.6 Å². The molecule has 2 saturated heterocycles. The Bertz CT molecular complexity index is 331. The molecule has 0 bridgehead atoms. The van der Waals surface area contributed by atoms with Gasteiger partial charge in [0, 0.05) is 25.7 Å². The lowest BCUT2D eigenvalue weighted by Crippen LogP contribution is -2.52. The van der Waals surface area contributed by atoms with Gasteiger partial charge in [-0.05, 0) is 25.7 Å². The molecule has 19 heavy (non-hydrogen) atoms. The van der Waals surface area contributed by atoms with Crippen LogP contribution in [-0.2, 0) is 14.3 Å². The van der Waals surface area contributed by atoms with Gasteiger partial charge >= 0.3 is 0 Å². The first-order valence-electron chi connectivity index (χ1n) is 7.53. The molecule has 3 rings (SSSR count). The van der Waals surface area contributed by atoms with E-state index in [1.54, 1.807) is 0 Å². The van der Waals surface area contributed by atoms with E-state index in [1.165, 1.54) is 0 Å². The summed E-state index contributed by atoms with van der Waals surface area (Å²) in [6, 6.07) is 0.0523. The van der Waals surface area contributed by atoms with Gasteiger partial charge in [0.25, 0.3) is 0 Å². The molecule has 3 aliphatic rings. The van der Waals surface area contributed by atoms with Crippen LogP contribution in [0.3, 0.4) is 0 Å². The summed E-state index contributed by atoms with van der Waals surface area (Å²) in [5, 5.41) is 0. The molecular weight excluding hydrogens is 244 g/mol. The van der Waals surface area contributed by atoms with Crippen LogP contribution in [0, 0.1) is 5.92 Å². The molecule has 108 valence electrons. The highest BCUT2D eigenvalue weighted by molar-refractivity contribution is 5.80. The zero-order valence-corrected chi connectivity index (χ0v) is 11.4. The summed E-state index contributed by atoms with van der Waals surface area (Å²) in [6.45, 7) is 2.82. The smallest absolute Gasteiger partial charge is 0.227 e. The largest absolute Gasteiger partial charge is 0.375 e. The van der Waals surface area contributed by atoms with E-state index in [4.69, 9.17) is 15.2 Å². The van der Waals surface area contributed by atoms with Crippen LogP contribution in [-0.4, -0.2) is 55.4 Å². The highest BCUT2D eigenvalue weighted by atomic mass is 16.5. The second-order valence-corrected chi connectivity index (χ2v) is 5.95. The Morgan fingerprint density at radius 2 is 1.89 bits per heavy atom. The van der Waals surface area contributed by atoms with Gasteiger partial charge < -0.3 is 20.1 Å². The number of carbonyl (C=O) groups is 1. The number of morpholine rings is 1. The van der Waals surface area contributed by atoms with E-state index >= 15 is 0 Å². The monoisotopic (exact) mass is 268 g/mol. The molecule has 5 nitrogen and oxygen atoms in total. The third kappa shape index (κ3) is 2.78. The average Bonchev–Trinajstić information content (AvgIpc) is 3.09. The van der Waals surface area contributed by atoms with Crippen molar-refractivity contribution in [1.29, 1.82) is 0 Å². The highest BCUT2D eigenvalue weighted by Crippen LogP contribution is 2.28. The van der Waals surface area contributed by atoms with Crippen LogP contribution in [0.25, 0.3) is 0 Å². The first kappa shape index (κ1) is 13.3. The maximum atomic E-state index is 12.5. The molecule has 0 aromatic carbocycles. The average molecular weight is 268 g/mol. The minimum Gasteiger partial charge on any atom is -0.375 e. The zero-order valence-electron chi connectivity index (χ0n) is 11.4. The van der Waals surface area contributed by atoms with E-state index in [2.05, 4.69) is 0 Å². The summed E-state index contributed by atoms with van der Waals surface area (Å²) >= 11 is 0. The van der Waals surface area contributed by atoms with Crippen molar-refractivity contribution in [1.82, 2.24) is 4.90 Å². The summed E-state index contributed by atoms with van der Waals surface area (Å²) in [5.74, 6) is 0.263. The van der Waals surface area contributed by atoms with E-state index in [0.29, 0.717) is 19.7 Å². The topological polar surface area (TPSA) is 64.8 Å². The Kier molecular flexibility index (Phi) is 4.05.